The third-order valence-electron chi connectivity index (χ3n) is 3.99. The summed E-state index contributed by atoms with van der Waals surface area (Å²) in [7, 11) is 0. The topological polar surface area (TPSA) is 79.4 Å². The minimum atomic E-state index is -0.431. The van der Waals surface area contributed by atoms with Crippen molar-refractivity contribution >= 4 is 17.7 Å². The summed E-state index contributed by atoms with van der Waals surface area (Å²) in [4.78, 5) is 41.9. The summed E-state index contributed by atoms with van der Waals surface area (Å²) < 4.78 is 0. The van der Waals surface area contributed by atoms with Crippen molar-refractivity contribution in [3.05, 3.63) is 65.0 Å². The highest BCUT2D eigenvalue weighted by Gasteiger charge is 2.36. The first-order valence-electron chi connectivity index (χ1n) is 7.63. The molecule has 1 aliphatic heterocycles. The van der Waals surface area contributed by atoms with Crippen molar-refractivity contribution in [2.45, 2.75) is 19.9 Å². The van der Waals surface area contributed by atoms with Gasteiger partial charge in [0.25, 0.3) is 11.8 Å². The maximum atomic E-state index is 12.4. The van der Waals surface area contributed by atoms with Gasteiger partial charge in [-0.25, -0.2) is 0 Å². The number of benzene rings is 1. The Balaban J connectivity index is 1.69. The van der Waals surface area contributed by atoms with E-state index in [0.29, 0.717) is 11.1 Å². The molecule has 0 saturated heterocycles. The molecule has 122 valence electrons. The second kappa shape index (κ2) is 6.23. The van der Waals surface area contributed by atoms with Gasteiger partial charge < -0.3 is 5.32 Å². The zero-order valence-corrected chi connectivity index (χ0v) is 13.4. The lowest BCUT2D eigenvalue weighted by Crippen LogP contribution is -2.41. The van der Waals surface area contributed by atoms with E-state index >= 15 is 0 Å². The molecule has 1 aromatic heterocycles. The van der Waals surface area contributed by atoms with Gasteiger partial charge in [0.2, 0.25) is 5.91 Å². The zero-order chi connectivity index (χ0) is 17.3. The van der Waals surface area contributed by atoms with Crippen LogP contribution in [-0.2, 0) is 4.79 Å². The van der Waals surface area contributed by atoms with Crippen LogP contribution in [0.2, 0.25) is 0 Å². The standard InChI is InChI=1S/C18H17N3O3/c1-11-5-6-14-15(8-11)18(24)21(17(14)23)10-16(22)20-12(2)13-4-3-7-19-9-13/h3-9,12H,10H2,1-2H3,(H,20,22). The summed E-state index contributed by atoms with van der Waals surface area (Å²) in [5.74, 6) is -1.25. The predicted octanol–water partition coefficient (Wildman–Crippen LogP) is 1.86. The van der Waals surface area contributed by atoms with Crippen LogP contribution in [0.25, 0.3) is 0 Å². The van der Waals surface area contributed by atoms with Crippen molar-refractivity contribution in [2.75, 3.05) is 6.54 Å². The van der Waals surface area contributed by atoms with E-state index in [1.54, 1.807) is 36.7 Å². The summed E-state index contributed by atoms with van der Waals surface area (Å²) in [6.07, 6.45) is 3.31. The molecule has 3 amide bonds. The van der Waals surface area contributed by atoms with Crippen LogP contribution in [-0.4, -0.2) is 34.2 Å². The monoisotopic (exact) mass is 323 g/mol. The number of nitrogens with zero attached hydrogens (tertiary/aromatic N) is 2. The Morgan fingerprint density at radius 2 is 1.96 bits per heavy atom. The van der Waals surface area contributed by atoms with Gasteiger partial charge in [-0.2, -0.15) is 0 Å². The highest BCUT2D eigenvalue weighted by molar-refractivity contribution is 6.22. The number of aromatic nitrogens is 1. The van der Waals surface area contributed by atoms with Crippen molar-refractivity contribution in [1.82, 2.24) is 15.2 Å². The molecule has 1 unspecified atom stereocenters. The number of nitrogens with one attached hydrogen (secondary N) is 1. The maximum absolute atomic E-state index is 12.4. The Hall–Kier alpha value is -3.02. The van der Waals surface area contributed by atoms with Crippen molar-refractivity contribution in [2.24, 2.45) is 0 Å². The first-order chi connectivity index (χ1) is 11.5. The predicted molar refractivity (Wildman–Crippen MR) is 87.3 cm³/mol. The van der Waals surface area contributed by atoms with Gasteiger partial charge in [-0.3, -0.25) is 24.3 Å². The van der Waals surface area contributed by atoms with Gasteiger partial charge in [0.15, 0.2) is 0 Å². The lowest BCUT2D eigenvalue weighted by Gasteiger charge is -2.17. The van der Waals surface area contributed by atoms with E-state index in [-0.39, 0.29) is 12.6 Å². The average Bonchev–Trinajstić information content (AvgIpc) is 2.80. The van der Waals surface area contributed by atoms with E-state index in [0.717, 1.165) is 16.0 Å². The molecule has 1 atom stereocenters. The largest absolute Gasteiger partial charge is 0.348 e. The number of fused-ring (bicyclic) bond motifs is 1. The van der Waals surface area contributed by atoms with E-state index in [4.69, 9.17) is 0 Å². The minimum absolute atomic E-state index is 0.261. The van der Waals surface area contributed by atoms with E-state index in [9.17, 15) is 14.4 Å². The molecule has 0 bridgehead atoms. The highest BCUT2D eigenvalue weighted by atomic mass is 16.2. The first-order valence-corrected chi connectivity index (χ1v) is 7.63. The molecule has 0 radical (unpaired) electrons. The molecule has 2 heterocycles. The molecule has 0 spiro atoms. The lowest BCUT2D eigenvalue weighted by atomic mass is 10.1. The van der Waals surface area contributed by atoms with Gasteiger partial charge in [0.1, 0.15) is 6.54 Å². The van der Waals surface area contributed by atoms with Crippen LogP contribution in [0.4, 0.5) is 0 Å². The SMILES string of the molecule is Cc1ccc2c(c1)C(=O)N(CC(=O)NC(C)c1cccnc1)C2=O. The fourth-order valence-corrected chi connectivity index (χ4v) is 2.69. The summed E-state index contributed by atoms with van der Waals surface area (Å²) in [5.41, 5.74) is 2.45. The molecule has 24 heavy (non-hydrogen) atoms. The Bertz CT molecular complexity index is 818. The van der Waals surface area contributed by atoms with Crippen LogP contribution in [0.15, 0.2) is 42.7 Å². The van der Waals surface area contributed by atoms with Gasteiger partial charge in [0, 0.05) is 12.4 Å². The Kier molecular flexibility index (Phi) is 4.12. The normalized spacial score (nSPS) is 14.5. The first kappa shape index (κ1) is 15.9. The number of hydrogen-bond donors (Lipinski definition) is 1. The summed E-state index contributed by atoms with van der Waals surface area (Å²) in [6.45, 7) is 3.37. The zero-order valence-electron chi connectivity index (χ0n) is 13.4. The minimum Gasteiger partial charge on any atom is -0.348 e. The second-order valence-corrected chi connectivity index (χ2v) is 5.82. The van der Waals surface area contributed by atoms with E-state index < -0.39 is 17.7 Å². The van der Waals surface area contributed by atoms with Gasteiger partial charge in [-0.1, -0.05) is 17.7 Å². The summed E-state index contributed by atoms with van der Waals surface area (Å²) in [5, 5.41) is 2.78. The van der Waals surface area contributed by atoms with Crippen LogP contribution >= 0.6 is 0 Å². The van der Waals surface area contributed by atoms with Crippen LogP contribution < -0.4 is 5.32 Å². The number of carbonyl (C=O) groups excluding carboxylic acids is 3. The highest BCUT2D eigenvalue weighted by Crippen LogP contribution is 2.23. The fraction of sp³-hybridized carbons (Fsp3) is 0.222. The fourth-order valence-electron chi connectivity index (χ4n) is 2.69. The van der Waals surface area contributed by atoms with Gasteiger partial charge >= 0.3 is 0 Å². The maximum Gasteiger partial charge on any atom is 0.262 e. The van der Waals surface area contributed by atoms with Crippen molar-refractivity contribution in [3.63, 3.8) is 0 Å². The number of aryl methyl sites for hydroxylation is 1. The number of carbonyl (C=O) groups is 3. The van der Waals surface area contributed by atoms with Gasteiger partial charge in [0.05, 0.1) is 17.2 Å². The molecule has 0 fully saturated rings. The average molecular weight is 323 g/mol. The molecule has 6 nitrogen and oxygen atoms in total. The third kappa shape index (κ3) is 2.90. The van der Waals surface area contributed by atoms with Crippen LogP contribution in [0.1, 0.15) is 44.8 Å². The van der Waals surface area contributed by atoms with Crippen LogP contribution in [0.5, 0.6) is 0 Å². The van der Waals surface area contributed by atoms with Gasteiger partial charge in [-0.15, -0.1) is 0 Å². The smallest absolute Gasteiger partial charge is 0.262 e. The Labute approximate surface area is 139 Å². The van der Waals surface area contributed by atoms with Crippen LogP contribution in [0, 0.1) is 6.92 Å². The summed E-state index contributed by atoms with van der Waals surface area (Å²) >= 11 is 0. The molecule has 3 rings (SSSR count). The van der Waals surface area contributed by atoms with Crippen molar-refractivity contribution in [1.29, 1.82) is 0 Å². The third-order valence-corrected chi connectivity index (χ3v) is 3.99. The number of amides is 3. The van der Waals surface area contributed by atoms with Gasteiger partial charge in [-0.05, 0) is 37.6 Å². The molecule has 1 aliphatic rings. The molecule has 6 heteroatoms. The Morgan fingerprint density at radius 1 is 1.21 bits per heavy atom. The molecule has 1 aromatic carbocycles. The second-order valence-electron chi connectivity index (χ2n) is 5.82. The molecule has 0 aliphatic carbocycles. The van der Waals surface area contributed by atoms with Crippen molar-refractivity contribution in [3.8, 4) is 0 Å². The van der Waals surface area contributed by atoms with Crippen LogP contribution in [0.3, 0.4) is 0 Å². The van der Waals surface area contributed by atoms with E-state index in [2.05, 4.69) is 10.3 Å². The van der Waals surface area contributed by atoms with E-state index in [1.165, 1.54) is 0 Å². The molecule has 1 N–H and O–H groups in total. The Morgan fingerprint density at radius 3 is 2.67 bits per heavy atom. The molecular weight excluding hydrogens is 306 g/mol. The number of imide groups is 1. The number of hydrogen-bond acceptors (Lipinski definition) is 4. The quantitative estimate of drug-likeness (QED) is 0.871. The number of pyridine rings is 1. The molecule has 2 aromatic rings. The van der Waals surface area contributed by atoms with Crippen molar-refractivity contribution < 1.29 is 14.4 Å². The van der Waals surface area contributed by atoms with E-state index in [1.807, 2.05) is 19.9 Å². The lowest BCUT2D eigenvalue weighted by molar-refractivity contribution is -0.122. The molecule has 0 saturated carbocycles. The number of rotatable bonds is 4. The molecular formula is C18H17N3O3. The summed E-state index contributed by atoms with van der Waals surface area (Å²) in [6, 6.07) is 8.45.